The van der Waals surface area contributed by atoms with E-state index >= 15 is 0 Å². The molecule has 0 aliphatic carbocycles. The molecule has 0 radical (unpaired) electrons. The normalized spacial score (nSPS) is 12.4. The summed E-state index contributed by atoms with van der Waals surface area (Å²) in [5, 5.41) is 14.2. The van der Waals surface area contributed by atoms with Gasteiger partial charge in [-0.25, -0.2) is 4.79 Å². The molecule has 0 aromatic carbocycles. The van der Waals surface area contributed by atoms with Crippen LogP contribution in [0.15, 0.2) is 0 Å². The van der Waals surface area contributed by atoms with E-state index in [4.69, 9.17) is 5.11 Å². The largest absolute Gasteiger partial charge is 0.481 e. The van der Waals surface area contributed by atoms with Gasteiger partial charge in [-0.2, -0.15) is 0 Å². The number of amides is 2. The first kappa shape index (κ1) is 17.7. The third kappa shape index (κ3) is 7.66. The standard InChI is InChI=1S/C13H27N3O3/c1-12(2,8-7-10(17)18)15-11(19)14-9-13(3,4)16(5)6/h7-9H2,1-6H3,(H,17,18)(H2,14,15,19). The van der Waals surface area contributed by atoms with Gasteiger partial charge in [0.25, 0.3) is 0 Å². The van der Waals surface area contributed by atoms with E-state index in [1.54, 1.807) is 0 Å². The zero-order valence-corrected chi connectivity index (χ0v) is 12.8. The molecular weight excluding hydrogens is 246 g/mol. The molecule has 0 bridgehead atoms. The Hall–Kier alpha value is -1.30. The van der Waals surface area contributed by atoms with Gasteiger partial charge in [-0.15, -0.1) is 0 Å². The lowest BCUT2D eigenvalue weighted by Crippen LogP contribution is -2.54. The Labute approximate surface area is 115 Å². The second-order valence-electron chi connectivity index (χ2n) is 6.29. The summed E-state index contributed by atoms with van der Waals surface area (Å²) in [7, 11) is 3.91. The number of nitrogens with one attached hydrogen (secondary N) is 2. The predicted octanol–water partition coefficient (Wildman–Crippen LogP) is 1.27. The topological polar surface area (TPSA) is 81.7 Å². The van der Waals surface area contributed by atoms with Crippen LogP contribution in [0.5, 0.6) is 0 Å². The second kappa shape index (κ2) is 6.75. The van der Waals surface area contributed by atoms with Crippen LogP contribution in [-0.2, 0) is 4.79 Å². The summed E-state index contributed by atoms with van der Waals surface area (Å²) >= 11 is 0. The number of hydrogen-bond acceptors (Lipinski definition) is 3. The maximum absolute atomic E-state index is 11.8. The molecule has 0 unspecified atom stereocenters. The minimum absolute atomic E-state index is 0.0382. The fourth-order valence-corrected chi connectivity index (χ4v) is 1.29. The molecule has 19 heavy (non-hydrogen) atoms. The highest BCUT2D eigenvalue weighted by Crippen LogP contribution is 2.11. The average Bonchev–Trinajstić information content (AvgIpc) is 2.23. The van der Waals surface area contributed by atoms with E-state index in [-0.39, 0.29) is 18.0 Å². The van der Waals surface area contributed by atoms with Gasteiger partial charge < -0.3 is 20.6 Å². The third-order valence-electron chi connectivity index (χ3n) is 3.31. The van der Waals surface area contributed by atoms with Crippen LogP contribution >= 0.6 is 0 Å². The molecule has 0 aromatic heterocycles. The molecule has 0 fully saturated rings. The first-order valence-corrected chi connectivity index (χ1v) is 6.41. The summed E-state index contributed by atoms with van der Waals surface area (Å²) in [4.78, 5) is 24.3. The predicted molar refractivity (Wildman–Crippen MR) is 75.2 cm³/mol. The number of carbonyl (C=O) groups is 2. The summed E-state index contributed by atoms with van der Waals surface area (Å²) in [5.74, 6) is -0.857. The van der Waals surface area contributed by atoms with E-state index in [1.165, 1.54) is 0 Å². The lowest BCUT2D eigenvalue weighted by molar-refractivity contribution is -0.137. The maximum atomic E-state index is 11.8. The molecule has 2 amide bonds. The number of likely N-dealkylation sites (N-methyl/N-ethyl adjacent to an activating group) is 1. The van der Waals surface area contributed by atoms with Gasteiger partial charge in [0.15, 0.2) is 0 Å². The summed E-state index contributed by atoms with van der Waals surface area (Å²) in [6, 6.07) is -0.273. The summed E-state index contributed by atoms with van der Waals surface area (Å²) < 4.78 is 0. The van der Waals surface area contributed by atoms with Gasteiger partial charge in [0.05, 0.1) is 0 Å². The van der Waals surface area contributed by atoms with Crippen molar-refractivity contribution in [1.82, 2.24) is 15.5 Å². The zero-order valence-electron chi connectivity index (χ0n) is 12.8. The maximum Gasteiger partial charge on any atom is 0.315 e. The number of carboxylic acid groups (broad SMARTS) is 1. The molecule has 0 aliphatic rings. The quantitative estimate of drug-likeness (QED) is 0.652. The van der Waals surface area contributed by atoms with Crippen LogP contribution in [0.2, 0.25) is 0 Å². The van der Waals surface area contributed by atoms with Crippen molar-refractivity contribution in [2.24, 2.45) is 0 Å². The van der Waals surface area contributed by atoms with Gasteiger partial charge in [-0.1, -0.05) is 0 Å². The molecular formula is C13H27N3O3. The van der Waals surface area contributed by atoms with Crippen LogP contribution in [0.3, 0.4) is 0 Å². The van der Waals surface area contributed by atoms with Crippen LogP contribution in [-0.4, -0.2) is 53.7 Å². The first-order valence-electron chi connectivity index (χ1n) is 6.41. The Balaban J connectivity index is 4.20. The van der Waals surface area contributed by atoms with Crippen molar-refractivity contribution in [3.8, 4) is 0 Å². The highest BCUT2D eigenvalue weighted by Gasteiger charge is 2.24. The van der Waals surface area contributed by atoms with Gasteiger partial charge in [-0.05, 0) is 48.2 Å². The van der Waals surface area contributed by atoms with Crippen molar-refractivity contribution in [2.45, 2.75) is 51.6 Å². The van der Waals surface area contributed by atoms with Crippen LogP contribution in [0.25, 0.3) is 0 Å². The molecule has 0 heterocycles. The van der Waals surface area contributed by atoms with Crippen molar-refractivity contribution < 1.29 is 14.7 Å². The molecule has 0 saturated carbocycles. The van der Waals surface area contributed by atoms with E-state index < -0.39 is 11.5 Å². The Morgan fingerprint density at radius 1 is 1.16 bits per heavy atom. The van der Waals surface area contributed by atoms with Crippen molar-refractivity contribution in [2.75, 3.05) is 20.6 Å². The highest BCUT2D eigenvalue weighted by molar-refractivity contribution is 5.75. The van der Waals surface area contributed by atoms with Crippen molar-refractivity contribution >= 4 is 12.0 Å². The van der Waals surface area contributed by atoms with E-state index in [9.17, 15) is 9.59 Å². The summed E-state index contributed by atoms with van der Waals surface area (Å²) in [5.41, 5.74) is -0.673. The molecule has 112 valence electrons. The minimum Gasteiger partial charge on any atom is -0.481 e. The van der Waals surface area contributed by atoms with Crippen LogP contribution in [0, 0.1) is 0 Å². The Morgan fingerprint density at radius 3 is 2.11 bits per heavy atom. The molecule has 0 aliphatic heterocycles. The number of carboxylic acids is 1. The molecule has 3 N–H and O–H groups in total. The SMILES string of the molecule is CN(C)C(C)(C)CNC(=O)NC(C)(C)CCC(=O)O. The molecule has 6 heteroatoms. The molecule has 0 saturated heterocycles. The van der Waals surface area contributed by atoms with Crippen LogP contribution in [0.4, 0.5) is 4.79 Å². The molecule has 0 rings (SSSR count). The van der Waals surface area contributed by atoms with Crippen molar-refractivity contribution in [3.05, 3.63) is 0 Å². The minimum atomic E-state index is -0.857. The number of aliphatic carboxylic acids is 1. The van der Waals surface area contributed by atoms with Gasteiger partial charge in [0.2, 0.25) is 0 Å². The molecule has 0 aromatic rings. The lowest BCUT2D eigenvalue weighted by Gasteiger charge is -2.33. The van der Waals surface area contributed by atoms with Crippen molar-refractivity contribution in [1.29, 1.82) is 0 Å². The Kier molecular flexibility index (Phi) is 6.29. The van der Waals surface area contributed by atoms with E-state index in [0.717, 1.165) is 0 Å². The highest BCUT2D eigenvalue weighted by atomic mass is 16.4. The third-order valence-corrected chi connectivity index (χ3v) is 3.31. The van der Waals surface area contributed by atoms with E-state index in [1.807, 2.05) is 46.7 Å². The van der Waals surface area contributed by atoms with Crippen LogP contribution < -0.4 is 10.6 Å². The van der Waals surface area contributed by atoms with E-state index in [0.29, 0.717) is 13.0 Å². The van der Waals surface area contributed by atoms with Gasteiger partial charge >= 0.3 is 12.0 Å². The monoisotopic (exact) mass is 273 g/mol. The fraction of sp³-hybridized carbons (Fsp3) is 0.846. The number of nitrogens with zero attached hydrogens (tertiary/aromatic N) is 1. The number of urea groups is 1. The number of rotatable bonds is 7. The zero-order chi connectivity index (χ0) is 15.3. The van der Waals surface area contributed by atoms with Gasteiger partial charge in [-0.3, -0.25) is 4.79 Å². The average molecular weight is 273 g/mol. The van der Waals surface area contributed by atoms with Crippen molar-refractivity contribution in [3.63, 3.8) is 0 Å². The van der Waals surface area contributed by atoms with Crippen LogP contribution in [0.1, 0.15) is 40.5 Å². The number of carbonyl (C=O) groups excluding carboxylic acids is 1. The summed E-state index contributed by atoms with van der Waals surface area (Å²) in [6.45, 7) is 8.20. The Morgan fingerprint density at radius 2 is 1.68 bits per heavy atom. The van der Waals surface area contributed by atoms with Gasteiger partial charge in [0.1, 0.15) is 0 Å². The van der Waals surface area contributed by atoms with E-state index in [2.05, 4.69) is 10.6 Å². The summed E-state index contributed by atoms with van der Waals surface area (Å²) in [6.07, 6.45) is 0.434. The Bertz CT molecular complexity index is 325. The first-order chi connectivity index (χ1) is 8.46. The van der Waals surface area contributed by atoms with Gasteiger partial charge in [0, 0.05) is 24.0 Å². The lowest BCUT2D eigenvalue weighted by atomic mass is 9.99. The fourth-order valence-electron chi connectivity index (χ4n) is 1.29. The molecule has 0 spiro atoms. The smallest absolute Gasteiger partial charge is 0.315 e. The number of hydrogen-bond donors (Lipinski definition) is 3. The molecule has 6 nitrogen and oxygen atoms in total. The second-order valence-corrected chi connectivity index (χ2v) is 6.29. The molecule has 0 atom stereocenters.